The highest BCUT2D eigenvalue weighted by atomic mass is 16.7. The molecule has 14 nitrogen and oxygen atoms in total. The predicted octanol–water partition coefficient (Wildman–Crippen LogP) is 12.1. The second kappa shape index (κ2) is 51.1. The molecule has 0 aromatic heterocycles. The number of allylic oxidation sites excluding steroid dienone is 9. The highest BCUT2D eigenvalue weighted by Crippen LogP contribution is 2.30. The van der Waals surface area contributed by atoms with Crippen LogP contribution in [0.4, 0.5) is 0 Å². The van der Waals surface area contributed by atoms with E-state index in [2.05, 4.69) is 67.8 Å². The zero-order chi connectivity index (χ0) is 58.1. The SMILES string of the molecule is CCCCCCC/C=C\C/C=C\C/C=C\CCCCCCCCC(=O)NC(COC1OC(CO)C(OC2OC(CO)C(O)C(O)C2O)C(O)C1O)C(O)/C=C/CC/C=C/CCCCCCCCCCCCCCCCCCCCC. The number of rotatable bonds is 52. The molecule has 0 aromatic rings. The number of amides is 1. The van der Waals surface area contributed by atoms with Gasteiger partial charge in [-0.1, -0.05) is 242 Å². The van der Waals surface area contributed by atoms with Gasteiger partial charge in [-0.25, -0.2) is 0 Å². The standard InChI is InChI=1S/C66H119NO13/c1-3-5-7-9-11-13-15-17-19-21-23-25-26-27-28-30-31-33-35-37-39-41-43-45-47-49-55(70)54(53-77-65-63(76)61(74)64(57(52-69)79-65)80-66-62(75)60(73)59(72)56(51-68)78-66)67-58(71)50-48-46-44-42-40-38-36-34-32-29-24-22-20-18-16-14-12-10-8-6-4-2/h16,18,22,24,32,34,39,41,47,49,54-57,59-66,68-70,72-76H,3-15,17,19-21,23,25-31,33,35-38,40,42-46,48,50-53H2,1-2H3,(H,67,71)/b18-16-,24-22-,34-32-,41-39+,49-47+. The Hall–Kier alpha value is -2.31. The van der Waals surface area contributed by atoms with Crippen LogP contribution in [0, 0.1) is 0 Å². The normalized spacial score (nSPS) is 24.6. The summed E-state index contributed by atoms with van der Waals surface area (Å²) < 4.78 is 22.8. The molecule has 2 fully saturated rings. The van der Waals surface area contributed by atoms with E-state index in [1.165, 1.54) is 161 Å². The van der Waals surface area contributed by atoms with Crippen LogP contribution in [0.3, 0.4) is 0 Å². The summed E-state index contributed by atoms with van der Waals surface area (Å²) in [4.78, 5) is 13.3. The Labute approximate surface area is 486 Å². The van der Waals surface area contributed by atoms with Gasteiger partial charge in [-0.3, -0.25) is 4.79 Å². The maximum absolute atomic E-state index is 13.3. The number of unbranched alkanes of at least 4 members (excludes halogenated alkanes) is 31. The van der Waals surface area contributed by atoms with Gasteiger partial charge < -0.3 is 65.1 Å². The van der Waals surface area contributed by atoms with Crippen LogP contribution in [-0.2, 0) is 23.7 Å². The van der Waals surface area contributed by atoms with E-state index in [0.717, 1.165) is 64.2 Å². The van der Waals surface area contributed by atoms with Gasteiger partial charge in [0.25, 0.3) is 0 Å². The molecule has 0 radical (unpaired) electrons. The molecule has 2 rings (SSSR count). The van der Waals surface area contributed by atoms with Gasteiger partial charge in [0.2, 0.25) is 5.91 Å². The highest BCUT2D eigenvalue weighted by molar-refractivity contribution is 5.76. The van der Waals surface area contributed by atoms with E-state index in [1.54, 1.807) is 6.08 Å². The van der Waals surface area contributed by atoms with Crippen LogP contribution < -0.4 is 5.32 Å². The van der Waals surface area contributed by atoms with Crippen molar-refractivity contribution in [3.05, 3.63) is 60.8 Å². The van der Waals surface area contributed by atoms with Gasteiger partial charge in [-0.2, -0.15) is 0 Å². The molecule has 9 N–H and O–H groups in total. The Bertz CT molecular complexity index is 1570. The number of hydrogen-bond acceptors (Lipinski definition) is 13. The third kappa shape index (κ3) is 35.7. The Morgan fingerprint density at radius 1 is 0.450 bits per heavy atom. The predicted molar refractivity (Wildman–Crippen MR) is 323 cm³/mol. The zero-order valence-electron chi connectivity index (χ0n) is 50.3. The average Bonchev–Trinajstić information content (AvgIpc) is 3.46. The third-order valence-electron chi connectivity index (χ3n) is 15.7. The number of hydrogen-bond donors (Lipinski definition) is 9. The van der Waals surface area contributed by atoms with Crippen LogP contribution in [0.1, 0.15) is 258 Å². The molecule has 466 valence electrons. The summed E-state index contributed by atoms with van der Waals surface area (Å²) in [7, 11) is 0. The van der Waals surface area contributed by atoms with Gasteiger partial charge in [-0.15, -0.1) is 0 Å². The summed E-state index contributed by atoms with van der Waals surface area (Å²) in [5, 5.41) is 87.2. The third-order valence-corrected chi connectivity index (χ3v) is 15.7. The Morgan fingerprint density at radius 2 is 0.838 bits per heavy atom. The molecule has 2 saturated heterocycles. The van der Waals surface area contributed by atoms with Gasteiger partial charge in [-0.05, 0) is 70.6 Å². The van der Waals surface area contributed by atoms with Gasteiger partial charge in [0, 0.05) is 6.42 Å². The van der Waals surface area contributed by atoms with Crippen LogP contribution in [-0.4, -0.2) is 140 Å². The van der Waals surface area contributed by atoms with Crippen molar-refractivity contribution in [3.63, 3.8) is 0 Å². The molecule has 0 spiro atoms. The highest BCUT2D eigenvalue weighted by Gasteiger charge is 2.51. The summed E-state index contributed by atoms with van der Waals surface area (Å²) in [6.45, 7) is 2.78. The maximum atomic E-state index is 13.3. The molecule has 0 saturated carbocycles. The van der Waals surface area contributed by atoms with E-state index < -0.39 is 86.8 Å². The van der Waals surface area contributed by atoms with E-state index in [9.17, 15) is 45.6 Å². The van der Waals surface area contributed by atoms with Gasteiger partial charge in [0.15, 0.2) is 12.6 Å². The van der Waals surface area contributed by atoms with Crippen LogP contribution in [0.5, 0.6) is 0 Å². The lowest BCUT2D eigenvalue weighted by Crippen LogP contribution is -2.65. The van der Waals surface area contributed by atoms with E-state index in [1.807, 2.05) is 6.08 Å². The fourth-order valence-corrected chi connectivity index (χ4v) is 10.4. The van der Waals surface area contributed by atoms with E-state index >= 15 is 0 Å². The minimum absolute atomic E-state index is 0.257. The second-order valence-electron chi connectivity index (χ2n) is 22.9. The lowest BCUT2D eigenvalue weighted by Gasteiger charge is -2.46. The first kappa shape index (κ1) is 73.8. The lowest BCUT2D eigenvalue weighted by molar-refractivity contribution is -0.359. The monoisotopic (exact) mass is 1130 g/mol. The Morgan fingerprint density at radius 3 is 1.31 bits per heavy atom. The van der Waals surface area contributed by atoms with Crippen molar-refractivity contribution in [3.8, 4) is 0 Å². The molecule has 80 heavy (non-hydrogen) atoms. The minimum atomic E-state index is -1.79. The molecule has 2 aliphatic rings. The molecule has 14 heteroatoms. The van der Waals surface area contributed by atoms with Crippen molar-refractivity contribution in [1.29, 1.82) is 0 Å². The van der Waals surface area contributed by atoms with Crippen molar-refractivity contribution in [2.24, 2.45) is 0 Å². The molecular weight excluding hydrogens is 1010 g/mol. The smallest absolute Gasteiger partial charge is 0.220 e. The first-order valence-corrected chi connectivity index (χ1v) is 32.5. The first-order valence-electron chi connectivity index (χ1n) is 32.5. The molecule has 0 bridgehead atoms. The second-order valence-corrected chi connectivity index (χ2v) is 22.9. The fourth-order valence-electron chi connectivity index (χ4n) is 10.4. The number of aliphatic hydroxyl groups excluding tert-OH is 8. The van der Waals surface area contributed by atoms with Crippen LogP contribution in [0.15, 0.2) is 60.8 Å². The molecule has 2 aliphatic heterocycles. The number of nitrogens with one attached hydrogen (secondary N) is 1. The molecule has 12 atom stereocenters. The largest absolute Gasteiger partial charge is 0.394 e. The summed E-state index contributed by atoms with van der Waals surface area (Å²) in [6.07, 6.45) is 49.8. The van der Waals surface area contributed by atoms with Crippen molar-refractivity contribution < 1.29 is 64.6 Å². The first-order chi connectivity index (χ1) is 39.1. The summed E-state index contributed by atoms with van der Waals surface area (Å²) in [5.41, 5.74) is 0. The Kier molecular flexibility index (Phi) is 47.2. The molecule has 0 aromatic carbocycles. The van der Waals surface area contributed by atoms with Crippen molar-refractivity contribution in [1.82, 2.24) is 5.32 Å². The van der Waals surface area contributed by atoms with Crippen molar-refractivity contribution in [2.75, 3.05) is 19.8 Å². The van der Waals surface area contributed by atoms with Crippen molar-refractivity contribution >= 4 is 5.91 Å². The van der Waals surface area contributed by atoms with Gasteiger partial charge in [0.1, 0.15) is 48.8 Å². The molecular formula is C66H119NO13. The summed E-state index contributed by atoms with van der Waals surface area (Å²) in [5.74, 6) is -0.261. The topological polar surface area (TPSA) is 228 Å². The number of ether oxygens (including phenoxy) is 4. The average molecular weight is 1130 g/mol. The van der Waals surface area contributed by atoms with Crippen LogP contribution in [0.25, 0.3) is 0 Å². The number of aliphatic hydroxyl groups is 8. The minimum Gasteiger partial charge on any atom is -0.394 e. The van der Waals surface area contributed by atoms with Gasteiger partial charge in [0.05, 0.1) is 32.0 Å². The van der Waals surface area contributed by atoms with Gasteiger partial charge >= 0.3 is 0 Å². The van der Waals surface area contributed by atoms with Crippen LogP contribution >= 0.6 is 0 Å². The molecule has 2 heterocycles. The molecule has 1 amide bonds. The van der Waals surface area contributed by atoms with Crippen molar-refractivity contribution in [2.45, 2.75) is 331 Å². The molecule has 12 unspecified atom stereocenters. The summed E-state index contributed by atoms with van der Waals surface area (Å²) >= 11 is 0. The summed E-state index contributed by atoms with van der Waals surface area (Å²) in [6, 6.07) is -0.942. The number of carbonyl (C=O) groups is 1. The quantitative estimate of drug-likeness (QED) is 0.0204. The number of carbonyl (C=O) groups excluding carboxylic acids is 1. The fraction of sp³-hybridized carbons (Fsp3) is 0.833. The zero-order valence-corrected chi connectivity index (χ0v) is 50.3. The lowest BCUT2D eigenvalue weighted by atomic mass is 9.97. The Balaban J connectivity index is 1.76. The molecule has 0 aliphatic carbocycles. The van der Waals surface area contributed by atoms with Crippen LogP contribution in [0.2, 0.25) is 0 Å². The van der Waals surface area contributed by atoms with E-state index in [0.29, 0.717) is 12.8 Å². The maximum Gasteiger partial charge on any atom is 0.220 e. The van der Waals surface area contributed by atoms with E-state index in [4.69, 9.17) is 18.9 Å². The van der Waals surface area contributed by atoms with E-state index in [-0.39, 0.29) is 18.9 Å².